The first-order chi connectivity index (χ1) is 16.8. The molecule has 1 aliphatic rings. The lowest BCUT2D eigenvalue weighted by Gasteiger charge is -2.35. The van der Waals surface area contributed by atoms with Gasteiger partial charge in [-0.15, -0.1) is 0 Å². The third-order valence-electron chi connectivity index (χ3n) is 6.37. The highest BCUT2D eigenvalue weighted by Crippen LogP contribution is 2.14. The molecular weight excluding hydrogens is 444 g/mol. The lowest BCUT2D eigenvalue weighted by Crippen LogP contribution is -2.55. The fraction of sp³-hybridized carbons (Fsp3) is 0.929. The molecule has 0 aromatic rings. The second-order valence-electron chi connectivity index (χ2n) is 10.4. The molecule has 3 N–H and O–H groups in total. The number of unbranched alkanes of at least 4 members (excludes halogenated alkanes) is 11. The van der Waals surface area contributed by atoms with Gasteiger partial charge in [-0.25, -0.2) is 4.79 Å². The number of carbonyl (C=O) groups is 2. The number of morpholine rings is 1. The normalized spacial score (nSPS) is 17.0. The van der Waals surface area contributed by atoms with Gasteiger partial charge in [0.15, 0.2) is 0 Å². The third kappa shape index (κ3) is 21.8. The fourth-order valence-corrected chi connectivity index (χ4v) is 4.19. The van der Waals surface area contributed by atoms with Crippen molar-refractivity contribution in [2.24, 2.45) is 5.92 Å². The van der Waals surface area contributed by atoms with E-state index in [1.807, 2.05) is 0 Å². The monoisotopic (exact) mass is 500 g/mol. The first-order valence-corrected chi connectivity index (χ1v) is 14.3. The average molecular weight is 501 g/mol. The van der Waals surface area contributed by atoms with Crippen molar-refractivity contribution in [2.45, 2.75) is 136 Å². The topological polar surface area (TPSA) is 99.1 Å². The minimum Gasteiger partial charge on any atom is -0.479 e. The van der Waals surface area contributed by atoms with Crippen molar-refractivity contribution in [1.29, 1.82) is 0 Å². The summed E-state index contributed by atoms with van der Waals surface area (Å²) in [6.07, 6.45) is 18.1. The van der Waals surface area contributed by atoms with Gasteiger partial charge in [-0.05, 0) is 32.2 Å². The van der Waals surface area contributed by atoms with Crippen molar-refractivity contribution in [1.82, 2.24) is 10.2 Å². The van der Waals surface area contributed by atoms with E-state index in [0.29, 0.717) is 13.0 Å². The highest BCUT2D eigenvalue weighted by Gasteiger charge is 2.23. The van der Waals surface area contributed by atoms with E-state index in [0.717, 1.165) is 38.5 Å². The fourth-order valence-electron chi connectivity index (χ4n) is 4.19. The number of nitrogens with one attached hydrogen (secondary N) is 1. The first-order valence-electron chi connectivity index (χ1n) is 14.3. The number of aliphatic hydroxyl groups excluding tert-OH is 1. The number of rotatable bonds is 19. The summed E-state index contributed by atoms with van der Waals surface area (Å²) in [4.78, 5) is 24.0. The molecule has 7 nitrogen and oxygen atoms in total. The standard InChI is InChI=1S/C25H50N2O2.C3H6O3/c1-4-19-27-20-21-29-22-24(27)26-25(28)18-16-14-12-10-8-6-5-7-9-11-13-15-17-23(2)3;1-2(4)3(5)6/h23-24H,4-22H2,1-3H3,(H,26,28);2,4H,1H3,(H,5,6). The molecule has 0 saturated carbocycles. The van der Waals surface area contributed by atoms with Crippen molar-refractivity contribution in [3.63, 3.8) is 0 Å². The molecule has 7 heteroatoms. The number of aliphatic hydroxyl groups is 1. The van der Waals surface area contributed by atoms with Gasteiger partial charge in [-0.2, -0.15) is 0 Å². The Morgan fingerprint density at radius 1 is 0.914 bits per heavy atom. The smallest absolute Gasteiger partial charge is 0.332 e. The summed E-state index contributed by atoms with van der Waals surface area (Å²) in [5.74, 6) is -0.128. The molecule has 1 aliphatic heterocycles. The highest BCUT2D eigenvalue weighted by molar-refractivity contribution is 5.76. The summed E-state index contributed by atoms with van der Waals surface area (Å²) >= 11 is 0. The van der Waals surface area contributed by atoms with Crippen LogP contribution in [0.25, 0.3) is 0 Å². The van der Waals surface area contributed by atoms with Crippen LogP contribution in [0, 0.1) is 5.92 Å². The van der Waals surface area contributed by atoms with Crippen LogP contribution in [0.4, 0.5) is 0 Å². The summed E-state index contributed by atoms with van der Waals surface area (Å²) in [5.41, 5.74) is 0. The molecule has 35 heavy (non-hydrogen) atoms. The van der Waals surface area contributed by atoms with E-state index in [9.17, 15) is 9.59 Å². The van der Waals surface area contributed by atoms with Crippen LogP contribution in [0.2, 0.25) is 0 Å². The quantitative estimate of drug-likeness (QED) is 0.196. The third-order valence-corrected chi connectivity index (χ3v) is 6.37. The maximum Gasteiger partial charge on any atom is 0.332 e. The van der Waals surface area contributed by atoms with E-state index < -0.39 is 12.1 Å². The van der Waals surface area contributed by atoms with Gasteiger partial charge >= 0.3 is 5.97 Å². The predicted octanol–water partition coefficient (Wildman–Crippen LogP) is 5.74. The number of ether oxygens (including phenoxy) is 1. The van der Waals surface area contributed by atoms with E-state index >= 15 is 0 Å². The summed E-state index contributed by atoms with van der Waals surface area (Å²) in [7, 11) is 0. The zero-order chi connectivity index (χ0) is 26.3. The molecule has 2 unspecified atom stereocenters. The number of carboxylic acids is 1. The minimum atomic E-state index is -1.23. The molecule has 0 spiro atoms. The van der Waals surface area contributed by atoms with Crippen molar-refractivity contribution >= 4 is 11.9 Å². The number of nitrogens with zero attached hydrogens (tertiary/aromatic N) is 1. The first kappa shape index (κ1) is 33.8. The Kier molecular flexibility index (Phi) is 22.4. The molecule has 0 radical (unpaired) electrons. The van der Waals surface area contributed by atoms with Crippen molar-refractivity contribution in [3.8, 4) is 0 Å². The van der Waals surface area contributed by atoms with Gasteiger partial charge in [-0.1, -0.05) is 97.8 Å². The molecule has 1 heterocycles. The molecule has 1 fully saturated rings. The lowest BCUT2D eigenvalue weighted by molar-refractivity contribution is -0.145. The average Bonchev–Trinajstić information content (AvgIpc) is 2.81. The van der Waals surface area contributed by atoms with E-state index in [1.165, 1.54) is 84.0 Å². The largest absolute Gasteiger partial charge is 0.479 e. The van der Waals surface area contributed by atoms with Gasteiger partial charge in [0.05, 0.1) is 13.2 Å². The van der Waals surface area contributed by atoms with Crippen LogP contribution < -0.4 is 5.32 Å². The lowest BCUT2D eigenvalue weighted by atomic mass is 10.0. The van der Waals surface area contributed by atoms with Gasteiger partial charge in [0, 0.05) is 13.0 Å². The number of carboxylic acid groups (broad SMARTS) is 1. The van der Waals surface area contributed by atoms with Crippen LogP contribution in [0.5, 0.6) is 0 Å². The molecule has 0 aliphatic carbocycles. The molecule has 1 amide bonds. The number of hydrogen-bond donors (Lipinski definition) is 3. The molecule has 0 bridgehead atoms. The number of amides is 1. The summed E-state index contributed by atoms with van der Waals surface area (Å²) < 4.78 is 5.53. The Morgan fingerprint density at radius 3 is 1.86 bits per heavy atom. The van der Waals surface area contributed by atoms with Crippen LogP contribution in [-0.2, 0) is 14.3 Å². The second kappa shape index (κ2) is 23.2. The Bertz CT molecular complexity index is 512. The van der Waals surface area contributed by atoms with E-state index in [1.54, 1.807) is 0 Å². The Hall–Kier alpha value is -1.18. The summed E-state index contributed by atoms with van der Waals surface area (Å²) in [6, 6.07) is 0. The van der Waals surface area contributed by atoms with Gasteiger partial charge in [0.1, 0.15) is 12.3 Å². The van der Waals surface area contributed by atoms with Crippen LogP contribution in [0.1, 0.15) is 124 Å². The van der Waals surface area contributed by atoms with Gasteiger partial charge < -0.3 is 20.3 Å². The Balaban J connectivity index is 0.00000170. The Labute approximate surface area is 215 Å². The van der Waals surface area contributed by atoms with E-state index in [-0.39, 0.29) is 12.1 Å². The summed E-state index contributed by atoms with van der Waals surface area (Å²) in [5, 5.41) is 18.9. The predicted molar refractivity (Wildman–Crippen MR) is 143 cm³/mol. The molecule has 1 rings (SSSR count). The van der Waals surface area contributed by atoms with E-state index in [4.69, 9.17) is 14.9 Å². The van der Waals surface area contributed by atoms with Crippen LogP contribution in [0.3, 0.4) is 0 Å². The molecule has 208 valence electrons. The van der Waals surface area contributed by atoms with Crippen molar-refractivity contribution < 1.29 is 24.5 Å². The molecule has 0 aromatic heterocycles. The van der Waals surface area contributed by atoms with Gasteiger partial charge in [-0.3, -0.25) is 9.69 Å². The molecule has 2 atom stereocenters. The second-order valence-corrected chi connectivity index (χ2v) is 10.4. The molecular formula is C28H56N2O5. The maximum atomic E-state index is 12.2. The van der Waals surface area contributed by atoms with E-state index in [2.05, 4.69) is 31.0 Å². The van der Waals surface area contributed by atoms with Crippen molar-refractivity contribution in [3.05, 3.63) is 0 Å². The van der Waals surface area contributed by atoms with Gasteiger partial charge in [0.25, 0.3) is 0 Å². The Morgan fingerprint density at radius 2 is 1.40 bits per heavy atom. The van der Waals surface area contributed by atoms with Gasteiger partial charge in [0.2, 0.25) is 5.91 Å². The maximum absolute atomic E-state index is 12.2. The SMILES string of the molecule is CC(O)C(=O)O.CCCN1CCOCC1NC(=O)CCCCCCCCCCCCCCC(C)C. The van der Waals surface area contributed by atoms with Crippen LogP contribution in [0.15, 0.2) is 0 Å². The minimum absolute atomic E-state index is 0.0754. The summed E-state index contributed by atoms with van der Waals surface area (Å²) in [6.45, 7) is 11.4. The van der Waals surface area contributed by atoms with Crippen molar-refractivity contribution in [2.75, 3.05) is 26.3 Å². The molecule has 0 aromatic carbocycles. The highest BCUT2D eigenvalue weighted by atomic mass is 16.5. The number of carbonyl (C=O) groups excluding carboxylic acids is 1. The zero-order valence-electron chi connectivity index (χ0n) is 23.2. The zero-order valence-corrected chi connectivity index (χ0v) is 23.2. The molecule has 1 saturated heterocycles. The number of aliphatic carboxylic acids is 1. The van der Waals surface area contributed by atoms with Crippen LogP contribution in [-0.4, -0.2) is 65.6 Å². The number of hydrogen-bond acceptors (Lipinski definition) is 5. The van der Waals surface area contributed by atoms with Crippen LogP contribution >= 0.6 is 0 Å².